The average Bonchev–Trinajstić information content (AvgIpc) is 2.59. The molecular formula is C21H25NO3. The normalized spacial score (nSPS) is 11.7. The number of carbonyl (C=O) groups is 1. The highest BCUT2D eigenvalue weighted by atomic mass is 16.7. The first-order valence-corrected chi connectivity index (χ1v) is 8.50. The summed E-state index contributed by atoms with van der Waals surface area (Å²) < 4.78 is 5.55. The lowest BCUT2D eigenvalue weighted by Crippen LogP contribution is -2.07. The molecule has 0 aliphatic rings. The zero-order chi connectivity index (χ0) is 18.4. The van der Waals surface area contributed by atoms with E-state index in [4.69, 9.17) is 9.57 Å². The predicted molar refractivity (Wildman–Crippen MR) is 100 cm³/mol. The van der Waals surface area contributed by atoms with Gasteiger partial charge >= 0.3 is 5.97 Å². The Morgan fingerprint density at radius 3 is 1.96 bits per heavy atom. The topological polar surface area (TPSA) is 47.9 Å². The van der Waals surface area contributed by atoms with Crippen molar-refractivity contribution < 1.29 is 14.4 Å². The maximum atomic E-state index is 12.1. The molecule has 132 valence electrons. The van der Waals surface area contributed by atoms with Gasteiger partial charge in [0.15, 0.2) is 0 Å². The number of oxime groups is 1. The summed E-state index contributed by atoms with van der Waals surface area (Å²) in [5, 5.41) is 3.95. The molecule has 0 bridgehead atoms. The van der Waals surface area contributed by atoms with E-state index in [1.165, 1.54) is 5.56 Å². The van der Waals surface area contributed by atoms with E-state index in [2.05, 4.69) is 31.1 Å². The molecule has 0 saturated heterocycles. The molecule has 0 spiro atoms. The van der Waals surface area contributed by atoms with E-state index in [1.54, 1.807) is 24.3 Å². The van der Waals surface area contributed by atoms with Crippen molar-refractivity contribution in [2.45, 2.75) is 46.6 Å². The van der Waals surface area contributed by atoms with Crippen LogP contribution < -0.4 is 4.74 Å². The summed E-state index contributed by atoms with van der Waals surface area (Å²) in [4.78, 5) is 17.1. The Balaban J connectivity index is 2.00. The summed E-state index contributed by atoms with van der Waals surface area (Å²) in [6.45, 7) is 10.0. The van der Waals surface area contributed by atoms with E-state index in [0.29, 0.717) is 17.2 Å². The molecule has 4 heteroatoms. The van der Waals surface area contributed by atoms with Crippen molar-refractivity contribution in [1.29, 1.82) is 0 Å². The Labute approximate surface area is 149 Å². The summed E-state index contributed by atoms with van der Waals surface area (Å²) in [5.41, 5.74) is 3.28. The third-order valence-electron chi connectivity index (χ3n) is 3.72. The molecule has 0 aromatic heterocycles. The summed E-state index contributed by atoms with van der Waals surface area (Å²) in [5.74, 6) is 0.706. The molecule has 0 fully saturated rings. The molecule has 0 unspecified atom stereocenters. The fourth-order valence-corrected chi connectivity index (χ4v) is 2.27. The SMILES string of the molecule is CC(=NOC(=O)c1ccc(OC(C)C)cc1)c1ccc(C(C)C)cc1. The molecular weight excluding hydrogens is 314 g/mol. The van der Waals surface area contributed by atoms with Crippen LogP contribution in [0.4, 0.5) is 0 Å². The van der Waals surface area contributed by atoms with Gasteiger partial charge in [-0.1, -0.05) is 43.3 Å². The van der Waals surface area contributed by atoms with Crippen LogP contribution in [0.3, 0.4) is 0 Å². The van der Waals surface area contributed by atoms with E-state index in [1.807, 2.05) is 32.9 Å². The van der Waals surface area contributed by atoms with Crippen molar-refractivity contribution in [3.63, 3.8) is 0 Å². The highest BCUT2D eigenvalue weighted by Gasteiger charge is 2.09. The first kappa shape index (κ1) is 18.7. The minimum Gasteiger partial charge on any atom is -0.491 e. The molecule has 0 atom stereocenters. The van der Waals surface area contributed by atoms with E-state index in [-0.39, 0.29) is 6.10 Å². The van der Waals surface area contributed by atoms with Gasteiger partial charge < -0.3 is 9.57 Å². The number of hydrogen-bond donors (Lipinski definition) is 0. The molecule has 2 aromatic carbocycles. The van der Waals surface area contributed by atoms with Gasteiger partial charge in [-0.2, -0.15) is 0 Å². The molecule has 0 N–H and O–H groups in total. The molecule has 2 rings (SSSR count). The highest BCUT2D eigenvalue weighted by Crippen LogP contribution is 2.16. The van der Waals surface area contributed by atoms with E-state index in [0.717, 1.165) is 11.3 Å². The zero-order valence-electron chi connectivity index (χ0n) is 15.4. The smallest absolute Gasteiger partial charge is 0.365 e. The predicted octanol–water partition coefficient (Wildman–Crippen LogP) is 5.18. The van der Waals surface area contributed by atoms with Crippen molar-refractivity contribution in [2.24, 2.45) is 5.16 Å². The van der Waals surface area contributed by atoms with Crippen LogP contribution in [0.1, 0.15) is 62.0 Å². The standard InChI is InChI=1S/C21H25NO3/c1-14(2)17-6-8-18(9-7-17)16(5)22-25-21(23)19-10-12-20(13-11-19)24-15(3)4/h6-15H,1-5H3. The van der Waals surface area contributed by atoms with Gasteiger partial charge in [0.25, 0.3) is 0 Å². The van der Waals surface area contributed by atoms with Crippen LogP contribution in [-0.4, -0.2) is 17.8 Å². The van der Waals surface area contributed by atoms with Crippen LogP contribution in [-0.2, 0) is 4.84 Å². The van der Waals surface area contributed by atoms with Crippen LogP contribution in [0.25, 0.3) is 0 Å². The summed E-state index contributed by atoms with van der Waals surface area (Å²) in [6, 6.07) is 14.9. The number of carbonyl (C=O) groups excluding carboxylic acids is 1. The number of hydrogen-bond acceptors (Lipinski definition) is 4. The Bertz CT molecular complexity index is 729. The summed E-state index contributed by atoms with van der Waals surface area (Å²) in [7, 11) is 0. The molecule has 0 aliphatic carbocycles. The van der Waals surface area contributed by atoms with Gasteiger partial charge in [-0.3, -0.25) is 0 Å². The van der Waals surface area contributed by atoms with Gasteiger partial charge in [0.2, 0.25) is 0 Å². The maximum Gasteiger partial charge on any atom is 0.365 e. The number of rotatable bonds is 6. The maximum absolute atomic E-state index is 12.1. The molecule has 2 aromatic rings. The minimum absolute atomic E-state index is 0.0899. The molecule has 0 aliphatic heterocycles. The minimum atomic E-state index is -0.491. The molecule has 25 heavy (non-hydrogen) atoms. The largest absolute Gasteiger partial charge is 0.491 e. The van der Waals surface area contributed by atoms with Crippen LogP contribution >= 0.6 is 0 Å². The quantitative estimate of drug-likeness (QED) is 0.414. The van der Waals surface area contributed by atoms with Gasteiger partial charge in [0.1, 0.15) is 5.75 Å². The molecule has 0 radical (unpaired) electrons. The highest BCUT2D eigenvalue weighted by molar-refractivity contribution is 5.99. The van der Waals surface area contributed by atoms with Gasteiger partial charge in [0.05, 0.1) is 17.4 Å². The van der Waals surface area contributed by atoms with E-state index < -0.39 is 5.97 Å². The third-order valence-corrected chi connectivity index (χ3v) is 3.72. The van der Waals surface area contributed by atoms with Crippen LogP contribution in [0.2, 0.25) is 0 Å². The lowest BCUT2D eigenvalue weighted by atomic mass is 10.0. The number of nitrogens with zero attached hydrogens (tertiary/aromatic N) is 1. The van der Waals surface area contributed by atoms with Crippen LogP contribution in [0.15, 0.2) is 53.7 Å². The second-order valence-corrected chi connectivity index (χ2v) is 6.52. The molecule has 4 nitrogen and oxygen atoms in total. The van der Waals surface area contributed by atoms with Crippen molar-refractivity contribution in [1.82, 2.24) is 0 Å². The lowest BCUT2D eigenvalue weighted by Gasteiger charge is -2.09. The monoisotopic (exact) mass is 339 g/mol. The van der Waals surface area contributed by atoms with Gasteiger partial charge in [0, 0.05) is 0 Å². The molecule has 0 saturated carbocycles. The van der Waals surface area contributed by atoms with Crippen molar-refractivity contribution >= 4 is 11.7 Å². The average molecular weight is 339 g/mol. The first-order chi connectivity index (χ1) is 11.9. The number of ether oxygens (including phenoxy) is 1. The Kier molecular flexibility index (Phi) is 6.34. The number of benzene rings is 2. The van der Waals surface area contributed by atoms with E-state index >= 15 is 0 Å². The second-order valence-electron chi connectivity index (χ2n) is 6.52. The third kappa shape index (κ3) is 5.45. The van der Waals surface area contributed by atoms with Crippen LogP contribution in [0, 0.1) is 0 Å². The van der Waals surface area contributed by atoms with Crippen molar-refractivity contribution in [3.8, 4) is 5.75 Å². The summed E-state index contributed by atoms with van der Waals surface area (Å²) in [6.07, 6.45) is 0.0899. The van der Waals surface area contributed by atoms with Gasteiger partial charge in [-0.25, -0.2) is 4.79 Å². The Morgan fingerprint density at radius 1 is 0.880 bits per heavy atom. The summed E-state index contributed by atoms with van der Waals surface area (Å²) >= 11 is 0. The fraction of sp³-hybridized carbons (Fsp3) is 0.333. The van der Waals surface area contributed by atoms with Gasteiger partial charge in [-0.05, 0) is 62.1 Å². The van der Waals surface area contributed by atoms with Gasteiger partial charge in [-0.15, -0.1) is 0 Å². The fourth-order valence-electron chi connectivity index (χ4n) is 2.27. The first-order valence-electron chi connectivity index (χ1n) is 8.50. The van der Waals surface area contributed by atoms with E-state index in [9.17, 15) is 4.79 Å². The van der Waals surface area contributed by atoms with Crippen molar-refractivity contribution in [2.75, 3.05) is 0 Å². The molecule has 0 heterocycles. The lowest BCUT2D eigenvalue weighted by molar-refractivity contribution is 0.0516. The second kappa shape index (κ2) is 8.47. The van der Waals surface area contributed by atoms with Crippen molar-refractivity contribution in [3.05, 3.63) is 65.2 Å². The van der Waals surface area contributed by atoms with Crippen LogP contribution in [0.5, 0.6) is 5.75 Å². The Morgan fingerprint density at radius 2 is 1.44 bits per heavy atom. The molecule has 0 amide bonds. The zero-order valence-corrected chi connectivity index (χ0v) is 15.4. The Hall–Kier alpha value is -2.62.